The maximum atomic E-state index is 14.0. The molecule has 3 heterocycles. The third-order valence-electron chi connectivity index (χ3n) is 6.72. The van der Waals surface area contributed by atoms with E-state index >= 15 is 0 Å². The smallest absolute Gasteiger partial charge is 0.382 e. The number of hydrogen-bond donors (Lipinski definition) is 3. The minimum atomic E-state index is -4.74. The van der Waals surface area contributed by atoms with Crippen LogP contribution in [0.4, 0.5) is 18.9 Å². The van der Waals surface area contributed by atoms with E-state index in [1.165, 1.54) is 39.6 Å². The topological polar surface area (TPSA) is 149 Å². The second-order valence-electron chi connectivity index (χ2n) is 9.70. The fourth-order valence-electron chi connectivity index (χ4n) is 4.94. The minimum Gasteiger partial charge on any atom is -0.382 e. The molecule has 4 N–H and O–H groups in total. The second kappa shape index (κ2) is 9.64. The zero-order chi connectivity index (χ0) is 28.9. The molecule has 2 aromatic rings. The molecule has 4 rings (SSSR count). The molecule has 1 saturated heterocycles. The summed E-state index contributed by atoms with van der Waals surface area (Å²) >= 11 is 0. The van der Waals surface area contributed by atoms with Crippen LogP contribution in [0.15, 0.2) is 29.3 Å². The molecule has 0 spiro atoms. The Morgan fingerprint density at radius 3 is 2.59 bits per heavy atom. The fourth-order valence-corrected chi connectivity index (χ4v) is 4.94. The van der Waals surface area contributed by atoms with Gasteiger partial charge < -0.3 is 26.3 Å². The number of nitrogens with two attached hydrogens (primary N) is 1. The van der Waals surface area contributed by atoms with Crippen molar-refractivity contribution in [3.05, 3.63) is 41.1 Å². The van der Waals surface area contributed by atoms with Gasteiger partial charge in [-0.1, -0.05) is 6.07 Å². The molecule has 0 radical (unpaired) electrons. The number of benzene rings is 1. The summed E-state index contributed by atoms with van der Waals surface area (Å²) in [4.78, 5) is 45.5. The third-order valence-corrected chi connectivity index (χ3v) is 6.72. The Morgan fingerprint density at radius 2 is 1.97 bits per heavy atom. The van der Waals surface area contributed by atoms with E-state index in [1.807, 2.05) is 0 Å². The van der Waals surface area contributed by atoms with Crippen LogP contribution in [0, 0.1) is 11.3 Å². The summed E-state index contributed by atoms with van der Waals surface area (Å²) in [6, 6.07) is 7.00. The van der Waals surface area contributed by atoms with E-state index in [9.17, 15) is 27.6 Å². The molecule has 0 aliphatic carbocycles. The number of piperazine rings is 1. The van der Waals surface area contributed by atoms with Gasteiger partial charge in [-0.2, -0.15) is 18.4 Å². The number of carbonyl (C=O) groups excluding carboxylic acids is 3. The SMILES string of the molecule is CC(=O)N1CCN(c2cc(-c3cc(C(F)(F)F)c4n3NC(C)N=C4N)ccc2C(=O)NCC#N)C(=O)C1(C)C. The van der Waals surface area contributed by atoms with Crippen LogP contribution in [0.2, 0.25) is 0 Å². The Bertz CT molecular complexity index is 1440. The van der Waals surface area contributed by atoms with E-state index in [1.54, 1.807) is 26.8 Å². The molecule has 2 aliphatic heterocycles. The molecule has 14 heteroatoms. The Balaban J connectivity index is 1.90. The fraction of sp³-hybridized carbons (Fsp3) is 0.400. The van der Waals surface area contributed by atoms with Gasteiger partial charge in [0.15, 0.2) is 0 Å². The number of amides is 3. The normalized spacial score (nSPS) is 18.6. The van der Waals surface area contributed by atoms with Gasteiger partial charge in [-0.05, 0) is 39.0 Å². The first-order valence-corrected chi connectivity index (χ1v) is 12.0. The van der Waals surface area contributed by atoms with Crippen molar-refractivity contribution in [3.8, 4) is 17.3 Å². The van der Waals surface area contributed by atoms with Crippen molar-refractivity contribution in [2.75, 3.05) is 30.0 Å². The number of anilines is 1. The number of rotatable bonds is 4. The molecular formula is C25H27F3N8O3. The number of aromatic nitrogens is 1. The summed E-state index contributed by atoms with van der Waals surface area (Å²) in [7, 11) is 0. The molecule has 1 unspecified atom stereocenters. The monoisotopic (exact) mass is 544 g/mol. The van der Waals surface area contributed by atoms with Gasteiger partial charge in [-0.3, -0.25) is 19.1 Å². The Morgan fingerprint density at radius 1 is 1.28 bits per heavy atom. The summed E-state index contributed by atoms with van der Waals surface area (Å²) in [6.45, 7) is 6.04. The van der Waals surface area contributed by atoms with E-state index < -0.39 is 35.3 Å². The maximum absolute atomic E-state index is 14.0. The van der Waals surface area contributed by atoms with Crippen molar-refractivity contribution in [1.82, 2.24) is 14.9 Å². The van der Waals surface area contributed by atoms with Gasteiger partial charge in [0.1, 0.15) is 29.8 Å². The first-order valence-electron chi connectivity index (χ1n) is 12.0. The molecule has 0 saturated carbocycles. The highest BCUT2D eigenvalue weighted by molar-refractivity contribution is 6.09. The maximum Gasteiger partial charge on any atom is 0.418 e. The molecule has 206 valence electrons. The zero-order valence-corrected chi connectivity index (χ0v) is 21.7. The number of alkyl halides is 3. The molecule has 0 bridgehead atoms. The van der Waals surface area contributed by atoms with E-state index in [0.29, 0.717) is 0 Å². The van der Waals surface area contributed by atoms with Crippen LogP contribution >= 0.6 is 0 Å². The molecule has 1 atom stereocenters. The Hall–Kier alpha value is -4.54. The average molecular weight is 545 g/mol. The summed E-state index contributed by atoms with van der Waals surface area (Å²) in [5.41, 5.74) is 6.67. The molecule has 39 heavy (non-hydrogen) atoms. The lowest BCUT2D eigenvalue weighted by molar-refractivity contribution is -0.145. The predicted octanol–water partition coefficient (Wildman–Crippen LogP) is 2.01. The van der Waals surface area contributed by atoms with E-state index in [4.69, 9.17) is 11.0 Å². The molecule has 1 aromatic carbocycles. The highest BCUT2D eigenvalue weighted by Gasteiger charge is 2.45. The number of amidine groups is 1. The van der Waals surface area contributed by atoms with Crippen molar-refractivity contribution in [2.24, 2.45) is 10.7 Å². The minimum absolute atomic E-state index is 0.0401. The van der Waals surface area contributed by atoms with E-state index in [0.717, 1.165) is 6.07 Å². The summed E-state index contributed by atoms with van der Waals surface area (Å²) in [6.07, 6.45) is -5.36. The van der Waals surface area contributed by atoms with Crippen molar-refractivity contribution < 1.29 is 27.6 Å². The largest absolute Gasteiger partial charge is 0.418 e. The van der Waals surface area contributed by atoms with Crippen LogP contribution in [0.1, 0.15) is 49.3 Å². The number of halogens is 3. The molecule has 1 aromatic heterocycles. The lowest BCUT2D eigenvalue weighted by Crippen LogP contribution is -2.64. The van der Waals surface area contributed by atoms with E-state index in [2.05, 4.69) is 15.7 Å². The summed E-state index contributed by atoms with van der Waals surface area (Å²) in [5.74, 6) is -1.71. The molecule has 11 nitrogen and oxygen atoms in total. The first kappa shape index (κ1) is 27.5. The van der Waals surface area contributed by atoms with Crippen LogP contribution in [0.25, 0.3) is 11.3 Å². The van der Waals surface area contributed by atoms with Gasteiger partial charge in [0.05, 0.1) is 28.6 Å². The highest BCUT2D eigenvalue weighted by Crippen LogP contribution is 2.39. The summed E-state index contributed by atoms with van der Waals surface area (Å²) in [5, 5.41) is 11.3. The van der Waals surface area contributed by atoms with Crippen LogP contribution in [-0.2, 0) is 15.8 Å². The third kappa shape index (κ3) is 4.75. The number of nitrogens with zero attached hydrogens (tertiary/aromatic N) is 5. The van der Waals surface area contributed by atoms with Crippen molar-refractivity contribution in [3.63, 3.8) is 0 Å². The number of nitriles is 1. The second-order valence-corrected chi connectivity index (χ2v) is 9.70. The van der Waals surface area contributed by atoms with Crippen LogP contribution in [0.5, 0.6) is 0 Å². The van der Waals surface area contributed by atoms with Gasteiger partial charge in [0, 0.05) is 25.6 Å². The van der Waals surface area contributed by atoms with Crippen molar-refractivity contribution in [1.29, 1.82) is 5.26 Å². The zero-order valence-electron chi connectivity index (χ0n) is 21.7. The van der Waals surface area contributed by atoms with Gasteiger partial charge in [0.2, 0.25) is 5.91 Å². The number of nitrogens with one attached hydrogen (secondary N) is 2. The predicted molar refractivity (Wildman–Crippen MR) is 136 cm³/mol. The number of hydrogen-bond acceptors (Lipinski definition) is 7. The summed E-state index contributed by atoms with van der Waals surface area (Å²) < 4.78 is 43.1. The van der Waals surface area contributed by atoms with Gasteiger partial charge in [-0.15, -0.1) is 0 Å². The molecule has 1 fully saturated rings. The molecular weight excluding hydrogens is 517 g/mol. The Labute approximate surface area is 222 Å². The van der Waals surface area contributed by atoms with Gasteiger partial charge >= 0.3 is 6.18 Å². The quantitative estimate of drug-likeness (QED) is 0.502. The average Bonchev–Trinajstić information content (AvgIpc) is 3.24. The lowest BCUT2D eigenvalue weighted by atomic mass is 9.95. The number of fused-ring (bicyclic) bond motifs is 1. The van der Waals surface area contributed by atoms with Crippen LogP contribution in [0.3, 0.4) is 0 Å². The standard InChI is InChI=1S/C25H27F3N8O3/c1-13-32-21(30)20-17(25(26,27)28)12-18(36(20)33-13)15-5-6-16(22(38)31-8-7-29)19(11-15)34-9-10-35(14(2)37)24(3,4)23(34)39/h5-6,11-13,33H,8-10H2,1-4H3,(H2,30,32)(H,31,38). The van der Waals surface area contributed by atoms with Crippen LogP contribution < -0.4 is 21.4 Å². The van der Waals surface area contributed by atoms with Crippen molar-refractivity contribution in [2.45, 2.75) is 45.6 Å². The molecule has 2 aliphatic rings. The number of aliphatic imine (C=N–C) groups is 1. The highest BCUT2D eigenvalue weighted by atomic mass is 19.4. The van der Waals surface area contributed by atoms with E-state index in [-0.39, 0.29) is 59.6 Å². The Kier molecular flexibility index (Phi) is 6.80. The first-order chi connectivity index (χ1) is 18.2. The van der Waals surface area contributed by atoms with Crippen molar-refractivity contribution >= 4 is 29.2 Å². The molecule has 3 amide bonds. The van der Waals surface area contributed by atoms with Gasteiger partial charge in [-0.25, -0.2) is 4.99 Å². The van der Waals surface area contributed by atoms with Crippen LogP contribution in [-0.4, -0.2) is 64.5 Å². The number of carbonyl (C=O) groups is 3. The van der Waals surface area contributed by atoms with Gasteiger partial charge in [0.25, 0.3) is 11.8 Å². The lowest BCUT2D eigenvalue weighted by Gasteiger charge is -2.45.